The summed E-state index contributed by atoms with van der Waals surface area (Å²) in [6.07, 6.45) is 0. The average Bonchev–Trinajstić information content (AvgIpc) is 2.92. The maximum atomic E-state index is 12.4. The van der Waals surface area contributed by atoms with Crippen LogP contribution < -0.4 is 15.4 Å². The van der Waals surface area contributed by atoms with Crippen LogP contribution in [0.2, 0.25) is 0 Å². The second-order valence-corrected chi connectivity index (χ2v) is 7.91. The van der Waals surface area contributed by atoms with Crippen molar-refractivity contribution in [2.75, 3.05) is 12.4 Å². The Morgan fingerprint density at radius 1 is 1.16 bits per heavy atom. The van der Waals surface area contributed by atoms with Gasteiger partial charge in [0.05, 0.1) is 17.0 Å². The van der Waals surface area contributed by atoms with Gasteiger partial charge >= 0.3 is 0 Å². The highest BCUT2D eigenvalue weighted by atomic mass is 32.1. The van der Waals surface area contributed by atoms with Crippen molar-refractivity contribution in [3.8, 4) is 5.75 Å². The fourth-order valence-corrected chi connectivity index (χ4v) is 3.06. The minimum Gasteiger partial charge on any atom is -0.497 e. The van der Waals surface area contributed by atoms with Crippen LogP contribution in [0.3, 0.4) is 0 Å². The van der Waals surface area contributed by atoms with E-state index in [1.165, 1.54) is 11.3 Å². The predicted molar refractivity (Wildman–Crippen MR) is 101 cm³/mol. The van der Waals surface area contributed by atoms with Gasteiger partial charge in [-0.3, -0.25) is 9.59 Å². The third kappa shape index (κ3) is 5.06. The topological polar surface area (TPSA) is 67.4 Å². The molecule has 0 spiro atoms. The number of anilines is 1. The summed E-state index contributed by atoms with van der Waals surface area (Å²) in [5.41, 5.74) is 1.36. The lowest BCUT2D eigenvalue weighted by molar-refractivity contribution is -0.123. The number of nitrogens with one attached hydrogen (secondary N) is 2. The summed E-state index contributed by atoms with van der Waals surface area (Å²) in [6, 6.07) is 9.37. The Hall–Kier alpha value is -2.34. The minimum atomic E-state index is -0.477. The van der Waals surface area contributed by atoms with Crippen LogP contribution in [0, 0.1) is 12.3 Å². The number of amides is 2. The van der Waals surface area contributed by atoms with Crippen molar-refractivity contribution in [3.63, 3.8) is 0 Å². The normalized spacial score (nSPS) is 11.1. The fourth-order valence-electron chi connectivity index (χ4n) is 2.07. The highest BCUT2D eigenvalue weighted by Crippen LogP contribution is 2.28. The predicted octanol–water partition coefficient (Wildman–Crippen LogP) is 3.98. The molecule has 6 heteroatoms. The molecule has 2 amide bonds. The maximum absolute atomic E-state index is 12.4. The van der Waals surface area contributed by atoms with Gasteiger partial charge in [-0.1, -0.05) is 32.9 Å². The van der Waals surface area contributed by atoms with E-state index in [-0.39, 0.29) is 11.8 Å². The molecule has 0 fully saturated rings. The molecule has 1 aromatic carbocycles. The molecule has 0 bridgehead atoms. The molecule has 2 rings (SSSR count). The van der Waals surface area contributed by atoms with E-state index < -0.39 is 5.41 Å². The van der Waals surface area contributed by atoms with Gasteiger partial charge in [-0.05, 0) is 36.2 Å². The molecule has 0 saturated carbocycles. The van der Waals surface area contributed by atoms with E-state index in [0.29, 0.717) is 16.4 Å². The van der Waals surface area contributed by atoms with Crippen molar-refractivity contribution >= 4 is 28.2 Å². The molecule has 1 heterocycles. The van der Waals surface area contributed by atoms with E-state index in [4.69, 9.17) is 4.74 Å². The van der Waals surface area contributed by atoms with E-state index in [9.17, 15) is 9.59 Å². The maximum Gasteiger partial charge on any atom is 0.261 e. The second-order valence-electron chi connectivity index (χ2n) is 6.86. The van der Waals surface area contributed by atoms with Gasteiger partial charge in [0.1, 0.15) is 5.75 Å². The van der Waals surface area contributed by atoms with Crippen molar-refractivity contribution in [1.29, 1.82) is 0 Å². The van der Waals surface area contributed by atoms with Crippen LogP contribution in [-0.2, 0) is 11.3 Å². The molecule has 0 radical (unpaired) electrons. The summed E-state index contributed by atoms with van der Waals surface area (Å²) in [7, 11) is 1.62. The van der Waals surface area contributed by atoms with Gasteiger partial charge in [0.15, 0.2) is 0 Å². The van der Waals surface area contributed by atoms with E-state index in [0.717, 1.165) is 16.9 Å². The average molecular weight is 360 g/mol. The molecule has 0 aliphatic carbocycles. The SMILES string of the molecule is COc1ccc(CNC(=O)c2sc(NC(=O)C(C)(C)C)cc2C)cc1. The Kier molecular flexibility index (Phi) is 5.85. The van der Waals surface area contributed by atoms with Gasteiger partial charge in [-0.2, -0.15) is 0 Å². The highest BCUT2D eigenvalue weighted by molar-refractivity contribution is 7.18. The van der Waals surface area contributed by atoms with Crippen molar-refractivity contribution < 1.29 is 14.3 Å². The van der Waals surface area contributed by atoms with Gasteiger partial charge in [0, 0.05) is 12.0 Å². The zero-order chi connectivity index (χ0) is 18.6. The fraction of sp³-hybridized carbons (Fsp3) is 0.368. The molecule has 25 heavy (non-hydrogen) atoms. The quantitative estimate of drug-likeness (QED) is 0.847. The molecule has 0 saturated heterocycles. The smallest absolute Gasteiger partial charge is 0.261 e. The van der Waals surface area contributed by atoms with Crippen LogP contribution in [-0.4, -0.2) is 18.9 Å². The Morgan fingerprint density at radius 2 is 1.80 bits per heavy atom. The monoisotopic (exact) mass is 360 g/mol. The zero-order valence-electron chi connectivity index (χ0n) is 15.2. The van der Waals surface area contributed by atoms with Crippen molar-refractivity contribution in [2.24, 2.45) is 5.41 Å². The zero-order valence-corrected chi connectivity index (χ0v) is 16.0. The van der Waals surface area contributed by atoms with Crippen LogP contribution >= 0.6 is 11.3 Å². The van der Waals surface area contributed by atoms with Gasteiger partial charge in [-0.25, -0.2) is 0 Å². The van der Waals surface area contributed by atoms with Gasteiger partial charge in [0.2, 0.25) is 5.91 Å². The number of ether oxygens (including phenoxy) is 1. The first-order valence-electron chi connectivity index (χ1n) is 8.03. The Labute approximate surface area is 152 Å². The lowest BCUT2D eigenvalue weighted by Gasteiger charge is -2.16. The van der Waals surface area contributed by atoms with Gasteiger partial charge < -0.3 is 15.4 Å². The van der Waals surface area contributed by atoms with Gasteiger partial charge in [0.25, 0.3) is 5.91 Å². The molecule has 0 aliphatic heterocycles. The van der Waals surface area contributed by atoms with E-state index >= 15 is 0 Å². The molecular weight excluding hydrogens is 336 g/mol. The highest BCUT2D eigenvalue weighted by Gasteiger charge is 2.23. The molecule has 2 N–H and O–H groups in total. The van der Waals surface area contributed by atoms with Crippen molar-refractivity contribution in [3.05, 3.63) is 46.3 Å². The molecule has 134 valence electrons. The Balaban J connectivity index is 2.00. The first-order chi connectivity index (χ1) is 11.7. The summed E-state index contributed by atoms with van der Waals surface area (Å²) in [6.45, 7) is 7.86. The number of carbonyl (C=O) groups is 2. The molecule has 0 unspecified atom stereocenters. The summed E-state index contributed by atoms with van der Waals surface area (Å²) in [5, 5.41) is 6.47. The van der Waals surface area contributed by atoms with E-state index in [1.54, 1.807) is 7.11 Å². The number of hydrogen-bond donors (Lipinski definition) is 2. The van der Waals surface area contributed by atoms with E-state index in [1.807, 2.05) is 58.0 Å². The molecule has 2 aromatic rings. The minimum absolute atomic E-state index is 0.0704. The number of benzene rings is 1. The Morgan fingerprint density at radius 3 is 2.36 bits per heavy atom. The number of aryl methyl sites for hydroxylation is 1. The van der Waals surface area contributed by atoms with Crippen LogP contribution in [0.15, 0.2) is 30.3 Å². The van der Waals surface area contributed by atoms with Crippen LogP contribution in [0.25, 0.3) is 0 Å². The lowest BCUT2D eigenvalue weighted by Crippen LogP contribution is -2.27. The number of carbonyl (C=O) groups excluding carboxylic acids is 2. The number of thiophene rings is 1. The third-order valence-electron chi connectivity index (χ3n) is 3.65. The Bertz CT molecular complexity index is 758. The standard InChI is InChI=1S/C19H24N2O3S/c1-12-10-15(21-18(23)19(2,3)4)25-16(12)17(22)20-11-13-6-8-14(24-5)9-7-13/h6-10H,11H2,1-5H3,(H,20,22)(H,21,23). The van der Waals surface area contributed by atoms with Crippen molar-refractivity contribution in [1.82, 2.24) is 5.32 Å². The van der Waals surface area contributed by atoms with Crippen LogP contribution in [0.4, 0.5) is 5.00 Å². The number of methoxy groups -OCH3 is 1. The first-order valence-corrected chi connectivity index (χ1v) is 8.85. The molecule has 1 aromatic heterocycles. The molecule has 0 aliphatic rings. The molecular formula is C19H24N2O3S. The summed E-state index contributed by atoms with van der Waals surface area (Å²) < 4.78 is 5.12. The summed E-state index contributed by atoms with van der Waals surface area (Å²) in [4.78, 5) is 25.1. The van der Waals surface area contributed by atoms with E-state index in [2.05, 4.69) is 10.6 Å². The first kappa shape index (κ1) is 19.0. The number of hydrogen-bond acceptors (Lipinski definition) is 4. The molecule has 0 atom stereocenters. The van der Waals surface area contributed by atoms with Crippen molar-refractivity contribution in [2.45, 2.75) is 34.2 Å². The largest absolute Gasteiger partial charge is 0.497 e. The lowest BCUT2D eigenvalue weighted by atomic mass is 9.96. The van der Waals surface area contributed by atoms with Crippen LogP contribution in [0.5, 0.6) is 5.75 Å². The van der Waals surface area contributed by atoms with Gasteiger partial charge in [-0.15, -0.1) is 11.3 Å². The second kappa shape index (κ2) is 7.70. The third-order valence-corrected chi connectivity index (χ3v) is 4.81. The number of rotatable bonds is 5. The summed E-state index contributed by atoms with van der Waals surface area (Å²) in [5.74, 6) is 0.567. The summed E-state index contributed by atoms with van der Waals surface area (Å²) >= 11 is 1.29. The van der Waals surface area contributed by atoms with Crippen LogP contribution in [0.1, 0.15) is 41.6 Å². The molecule has 5 nitrogen and oxygen atoms in total.